The molecule has 4 heteroatoms. The molecule has 3 rings (SSSR count). The minimum atomic E-state index is 0.505. The largest absolute Gasteiger partial charge is 0.497 e. The van der Waals surface area contributed by atoms with E-state index in [0.717, 1.165) is 39.7 Å². The zero-order chi connectivity index (χ0) is 15.5. The molecule has 3 nitrogen and oxygen atoms in total. The van der Waals surface area contributed by atoms with Crippen LogP contribution in [0, 0.1) is 0 Å². The van der Waals surface area contributed by atoms with Gasteiger partial charge in [-0.3, -0.25) is 0 Å². The van der Waals surface area contributed by atoms with Crippen molar-refractivity contribution in [2.45, 2.75) is 20.1 Å². The summed E-state index contributed by atoms with van der Waals surface area (Å²) < 4.78 is 13.2. The van der Waals surface area contributed by atoms with Crippen molar-refractivity contribution >= 4 is 22.5 Å². The molecule has 0 atom stereocenters. The van der Waals surface area contributed by atoms with Crippen molar-refractivity contribution in [3.63, 3.8) is 0 Å². The number of hydrogen-bond donors (Lipinski definition) is 0. The first-order valence-corrected chi connectivity index (χ1v) is 7.64. The SMILES string of the molecule is CCn1c(COc2ccc(OC)cc2)cc2cccc(Cl)c21. The van der Waals surface area contributed by atoms with E-state index < -0.39 is 0 Å². The van der Waals surface area contributed by atoms with Crippen molar-refractivity contribution < 1.29 is 9.47 Å². The van der Waals surface area contributed by atoms with Gasteiger partial charge in [-0.2, -0.15) is 0 Å². The van der Waals surface area contributed by atoms with Crippen molar-refractivity contribution in [3.05, 3.63) is 59.2 Å². The first kappa shape index (κ1) is 14.8. The molecule has 1 heterocycles. The van der Waals surface area contributed by atoms with Gasteiger partial charge in [0.15, 0.2) is 0 Å². The van der Waals surface area contributed by atoms with Crippen LogP contribution in [0.4, 0.5) is 0 Å². The fraction of sp³-hybridized carbons (Fsp3) is 0.222. The Morgan fingerprint density at radius 3 is 2.45 bits per heavy atom. The van der Waals surface area contributed by atoms with Gasteiger partial charge in [-0.1, -0.05) is 23.7 Å². The van der Waals surface area contributed by atoms with E-state index >= 15 is 0 Å². The quantitative estimate of drug-likeness (QED) is 0.668. The van der Waals surface area contributed by atoms with E-state index in [4.69, 9.17) is 21.1 Å². The first-order chi connectivity index (χ1) is 10.7. The van der Waals surface area contributed by atoms with Gasteiger partial charge in [0.2, 0.25) is 0 Å². The summed E-state index contributed by atoms with van der Waals surface area (Å²) in [6, 6.07) is 15.7. The average Bonchev–Trinajstić information content (AvgIpc) is 2.92. The van der Waals surface area contributed by atoms with E-state index in [9.17, 15) is 0 Å². The van der Waals surface area contributed by atoms with Crippen LogP contribution >= 0.6 is 11.6 Å². The summed E-state index contributed by atoms with van der Waals surface area (Å²) in [5.41, 5.74) is 2.18. The fourth-order valence-electron chi connectivity index (χ4n) is 2.64. The maximum atomic E-state index is 6.33. The standard InChI is InChI=1S/C18H18ClNO2/c1-3-20-14(11-13-5-4-6-17(19)18(13)20)12-22-16-9-7-15(21-2)8-10-16/h4-11H,3,12H2,1-2H3. The van der Waals surface area contributed by atoms with Crippen LogP contribution < -0.4 is 9.47 Å². The number of nitrogens with zero attached hydrogens (tertiary/aromatic N) is 1. The molecule has 0 unspecified atom stereocenters. The van der Waals surface area contributed by atoms with Gasteiger partial charge in [-0.25, -0.2) is 0 Å². The lowest BCUT2D eigenvalue weighted by atomic mass is 10.2. The number of hydrogen-bond acceptors (Lipinski definition) is 2. The number of para-hydroxylation sites is 1. The molecular formula is C18H18ClNO2. The molecule has 1 aromatic heterocycles. The second kappa shape index (κ2) is 6.32. The van der Waals surface area contributed by atoms with Crippen LogP contribution in [0.1, 0.15) is 12.6 Å². The number of benzene rings is 2. The Morgan fingerprint density at radius 2 is 1.77 bits per heavy atom. The van der Waals surface area contributed by atoms with Crippen LogP contribution in [-0.4, -0.2) is 11.7 Å². The highest BCUT2D eigenvalue weighted by molar-refractivity contribution is 6.35. The minimum Gasteiger partial charge on any atom is -0.497 e. The molecule has 0 radical (unpaired) electrons. The molecular weight excluding hydrogens is 298 g/mol. The Labute approximate surface area is 135 Å². The Bertz CT molecular complexity index is 778. The third kappa shape index (κ3) is 2.77. The first-order valence-electron chi connectivity index (χ1n) is 7.26. The van der Waals surface area contributed by atoms with Gasteiger partial charge < -0.3 is 14.0 Å². The summed E-state index contributed by atoms with van der Waals surface area (Å²) in [6.07, 6.45) is 0. The third-order valence-electron chi connectivity index (χ3n) is 3.72. The predicted molar refractivity (Wildman–Crippen MR) is 89.9 cm³/mol. The lowest BCUT2D eigenvalue weighted by Crippen LogP contribution is -2.04. The van der Waals surface area contributed by atoms with Gasteiger partial charge in [0, 0.05) is 11.9 Å². The molecule has 2 aromatic carbocycles. The maximum absolute atomic E-state index is 6.33. The van der Waals surface area contributed by atoms with Crippen molar-refractivity contribution in [2.75, 3.05) is 7.11 Å². The van der Waals surface area contributed by atoms with E-state index in [1.165, 1.54) is 0 Å². The van der Waals surface area contributed by atoms with E-state index in [2.05, 4.69) is 23.6 Å². The lowest BCUT2D eigenvalue weighted by molar-refractivity contribution is 0.295. The monoisotopic (exact) mass is 315 g/mol. The molecule has 0 saturated carbocycles. The highest BCUT2D eigenvalue weighted by Crippen LogP contribution is 2.28. The normalized spacial score (nSPS) is 10.9. The van der Waals surface area contributed by atoms with Crippen molar-refractivity contribution in [1.82, 2.24) is 4.57 Å². The van der Waals surface area contributed by atoms with Crippen LogP contribution in [0.3, 0.4) is 0 Å². The summed E-state index contributed by atoms with van der Waals surface area (Å²) in [7, 11) is 1.65. The fourth-order valence-corrected chi connectivity index (χ4v) is 2.93. The van der Waals surface area contributed by atoms with Crippen molar-refractivity contribution in [2.24, 2.45) is 0 Å². The maximum Gasteiger partial charge on any atom is 0.128 e. The molecule has 0 bridgehead atoms. The molecule has 0 amide bonds. The zero-order valence-electron chi connectivity index (χ0n) is 12.7. The Hall–Kier alpha value is -2.13. The highest BCUT2D eigenvalue weighted by atomic mass is 35.5. The summed E-state index contributed by atoms with van der Waals surface area (Å²) in [5, 5.41) is 1.91. The van der Waals surface area contributed by atoms with E-state index in [1.54, 1.807) is 7.11 Å². The van der Waals surface area contributed by atoms with Crippen LogP contribution in [-0.2, 0) is 13.2 Å². The highest BCUT2D eigenvalue weighted by Gasteiger charge is 2.10. The van der Waals surface area contributed by atoms with Gasteiger partial charge in [0.05, 0.1) is 23.3 Å². The van der Waals surface area contributed by atoms with Crippen molar-refractivity contribution in [3.8, 4) is 11.5 Å². The molecule has 0 N–H and O–H groups in total. The van der Waals surface area contributed by atoms with Crippen molar-refractivity contribution in [1.29, 1.82) is 0 Å². The van der Waals surface area contributed by atoms with Crippen LogP contribution in [0.5, 0.6) is 11.5 Å². The summed E-state index contributed by atoms with van der Waals surface area (Å²) in [6.45, 7) is 3.47. The number of methoxy groups -OCH3 is 1. The summed E-state index contributed by atoms with van der Waals surface area (Å²) >= 11 is 6.33. The topological polar surface area (TPSA) is 23.4 Å². The minimum absolute atomic E-state index is 0.505. The van der Waals surface area contributed by atoms with Gasteiger partial charge in [0.25, 0.3) is 0 Å². The number of aromatic nitrogens is 1. The molecule has 114 valence electrons. The van der Waals surface area contributed by atoms with E-state index in [1.807, 2.05) is 36.4 Å². The third-order valence-corrected chi connectivity index (χ3v) is 4.02. The molecule has 0 aliphatic rings. The Morgan fingerprint density at radius 1 is 1.05 bits per heavy atom. The van der Waals surface area contributed by atoms with E-state index in [0.29, 0.717) is 6.61 Å². The molecule has 3 aromatic rings. The molecule has 0 aliphatic heterocycles. The second-order valence-corrected chi connectivity index (χ2v) is 5.43. The van der Waals surface area contributed by atoms with Gasteiger partial charge in [-0.05, 0) is 43.3 Å². The second-order valence-electron chi connectivity index (χ2n) is 5.02. The number of fused-ring (bicyclic) bond motifs is 1. The molecule has 0 saturated heterocycles. The number of halogens is 1. The Balaban J connectivity index is 1.85. The van der Waals surface area contributed by atoms with Crippen LogP contribution in [0.15, 0.2) is 48.5 Å². The lowest BCUT2D eigenvalue weighted by Gasteiger charge is -2.10. The molecule has 22 heavy (non-hydrogen) atoms. The van der Waals surface area contributed by atoms with Gasteiger partial charge in [0.1, 0.15) is 18.1 Å². The molecule has 0 fully saturated rings. The number of ether oxygens (including phenoxy) is 2. The van der Waals surface area contributed by atoms with E-state index in [-0.39, 0.29) is 0 Å². The molecule has 0 aliphatic carbocycles. The predicted octanol–water partition coefficient (Wildman–Crippen LogP) is 4.90. The number of rotatable bonds is 5. The van der Waals surface area contributed by atoms with Gasteiger partial charge in [-0.15, -0.1) is 0 Å². The average molecular weight is 316 g/mol. The smallest absolute Gasteiger partial charge is 0.128 e. The summed E-state index contributed by atoms with van der Waals surface area (Å²) in [4.78, 5) is 0. The molecule has 0 spiro atoms. The Kier molecular flexibility index (Phi) is 4.25. The summed E-state index contributed by atoms with van der Waals surface area (Å²) in [5.74, 6) is 1.64. The van der Waals surface area contributed by atoms with Gasteiger partial charge >= 0.3 is 0 Å². The number of aryl methyl sites for hydroxylation is 1. The zero-order valence-corrected chi connectivity index (χ0v) is 13.4. The van der Waals surface area contributed by atoms with Crippen LogP contribution in [0.25, 0.3) is 10.9 Å². The van der Waals surface area contributed by atoms with Crippen LogP contribution in [0.2, 0.25) is 5.02 Å².